The van der Waals surface area contributed by atoms with Crippen LogP contribution in [0.3, 0.4) is 0 Å². The number of nitrogens with one attached hydrogen (secondary N) is 1. The van der Waals surface area contributed by atoms with Crippen LogP contribution in [0.5, 0.6) is 5.75 Å². The van der Waals surface area contributed by atoms with Crippen LogP contribution in [0.2, 0.25) is 0 Å². The van der Waals surface area contributed by atoms with Crippen molar-refractivity contribution >= 4 is 11.8 Å². The number of thioether (sulfide) groups is 1. The van der Waals surface area contributed by atoms with Gasteiger partial charge in [0.2, 0.25) is 0 Å². The smallest absolute Gasteiger partial charge is 0.118 e. The van der Waals surface area contributed by atoms with E-state index in [1.54, 1.807) is 7.11 Å². The van der Waals surface area contributed by atoms with Gasteiger partial charge in [-0.25, -0.2) is 0 Å². The Bertz CT molecular complexity index is 322. The van der Waals surface area contributed by atoms with Gasteiger partial charge in [-0.3, -0.25) is 0 Å². The van der Waals surface area contributed by atoms with Crippen molar-refractivity contribution in [1.82, 2.24) is 5.32 Å². The van der Waals surface area contributed by atoms with Crippen molar-refractivity contribution in [1.29, 1.82) is 0 Å². The third-order valence-electron chi connectivity index (χ3n) is 3.08. The number of ether oxygens (including phenoxy) is 1. The van der Waals surface area contributed by atoms with Crippen LogP contribution in [0.25, 0.3) is 0 Å². The van der Waals surface area contributed by atoms with Gasteiger partial charge in [0, 0.05) is 22.7 Å². The maximum atomic E-state index is 5.16. The second-order valence-corrected chi connectivity index (χ2v) is 6.04. The van der Waals surface area contributed by atoms with Crippen LogP contribution in [-0.2, 0) is 0 Å². The highest BCUT2D eigenvalue weighted by atomic mass is 32.2. The lowest BCUT2D eigenvalue weighted by Gasteiger charge is -2.18. The van der Waals surface area contributed by atoms with Crippen LogP contribution in [0.15, 0.2) is 29.2 Å². The molecule has 18 heavy (non-hydrogen) atoms. The van der Waals surface area contributed by atoms with E-state index in [1.165, 1.54) is 17.7 Å². The predicted molar refractivity (Wildman–Crippen MR) is 80.7 cm³/mol. The summed E-state index contributed by atoms with van der Waals surface area (Å²) in [7, 11) is 1.70. The monoisotopic (exact) mass is 267 g/mol. The molecule has 0 fully saturated rings. The summed E-state index contributed by atoms with van der Waals surface area (Å²) in [4.78, 5) is 1.30. The van der Waals surface area contributed by atoms with Crippen molar-refractivity contribution < 1.29 is 4.74 Å². The van der Waals surface area contributed by atoms with Crippen molar-refractivity contribution in [3.8, 4) is 5.75 Å². The SMILES string of the molecule is CCC(CC)NCC(C)Sc1ccc(OC)cc1. The molecule has 0 aliphatic heterocycles. The second-order valence-electron chi connectivity index (χ2n) is 4.53. The Morgan fingerprint density at radius 1 is 1.17 bits per heavy atom. The number of hydrogen-bond acceptors (Lipinski definition) is 3. The summed E-state index contributed by atoms with van der Waals surface area (Å²) >= 11 is 1.91. The molecule has 0 radical (unpaired) electrons. The minimum Gasteiger partial charge on any atom is -0.497 e. The van der Waals surface area contributed by atoms with E-state index in [4.69, 9.17) is 4.74 Å². The van der Waals surface area contributed by atoms with E-state index in [9.17, 15) is 0 Å². The zero-order valence-electron chi connectivity index (χ0n) is 11.9. The fourth-order valence-corrected chi connectivity index (χ4v) is 2.78. The van der Waals surface area contributed by atoms with E-state index in [0.29, 0.717) is 11.3 Å². The average Bonchev–Trinajstić information content (AvgIpc) is 2.41. The van der Waals surface area contributed by atoms with E-state index in [1.807, 2.05) is 23.9 Å². The van der Waals surface area contributed by atoms with Crippen LogP contribution in [0.4, 0.5) is 0 Å². The zero-order chi connectivity index (χ0) is 13.4. The Labute approximate surface area is 116 Å². The quantitative estimate of drug-likeness (QED) is 0.721. The molecule has 0 aliphatic carbocycles. The minimum atomic E-state index is 0.582. The lowest BCUT2D eigenvalue weighted by Crippen LogP contribution is -2.32. The fraction of sp³-hybridized carbons (Fsp3) is 0.600. The molecule has 0 aromatic heterocycles. The molecule has 3 heteroatoms. The first-order chi connectivity index (χ1) is 8.69. The van der Waals surface area contributed by atoms with Gasteiger partial charge in [0.15, 0.2) is 0 Å². The Hall–Kier alpha value is -0.670. The first-order valence-corrected chi connectivity index (χ1v) is 7.61. The van der Waals surface area contributed by atoms with Crippen LogP contribution in [0.1, 0.15) is 33.6 Å². The average molecular weight is 267 g/mol. The molecule has 0 aliphatic rings. The summed E-state index contributed by atoms with van der Waals surface area (Å²) in [5.74, 6) is 0.919. The molecule has 0 heterocycles. The topological polar surface area (TPSA) is 21.3 Å². The molecule has 1 aromatic carbocycles. The van der Waals surface area contributed by atoms with Crippen LogP contribution in [-0.4, -0.2) is 24.9 Å². The molecule has 1 rings (SSSR count). The lowest BCUT2D eigenvalue weighted by molar-refractivity contribution is 0.414. The molecule has 0 saturated heterocycles. The predicted octanol–water partition coefficient (Wildman–Crippen LogP) is 3.95. The summed E-state index contributed by atoms with van der Waals surface area (Å²) in [6.07, 6.45) is 2.41. The molecule has 1 atom stereocenters. The first kappa shape index (κ1) is 15.4. The first-order valence-electron chi connectivity index (χ1n) is 6.73. The van der Waals surface area contributed by atoms with Gasteiger partial charge in [0.25, 0.3) is 0 Å². The summed E-state index contributed by atoms with van der Waals surface area (Å²) in [5, 5.41) is 4.20. The van der Waals surface area contributed by atoms with Gasteiger partial charge < -0.3 is 10.1 Å². The maximum absolute atomic E-state index is 5.16. The van der Waals surface area contributed by atoms with E-state index in [2.05, 4.69) is 38.2 Å². The molecule has 1 aromatic rings. The molecule has 0 bridgehead atoms. The number of methoxy groups -OCH3 is 1. The van der Waals surface area contributed by atoms with E-state index in [-0.39, 0.29) is 0 Å². The Kier molecular flexibility index (Phi) is 7.21. The van der Waals surface area contributed by atoms with Gasteiger partial charge in [-0.15, -0.1) is 11.8 Å². The van der Waals surface area contributed by atoms with Gasteiger partial charge in [-0.1, -0.05) is 20.8 Å². The van der Waals surface area contributed by atoms with E-state index in [0.717, 1.165) is 12.3 Å². The Morgan fingerprint density at radius 3 is 2.28 bits per heavy atom. The maximum Gasteiger partial charge on any atom is 0.118 e. The molecular formula is C15H25NOS. The van der Waals surface area contributed by atoms with E-state index < -0.39 is 0 Å². The Balaban J connectivity index is 2.36. The highest BCUT2D eigenvalue weighted by Crippen LogP contribution is 2.25. The second kappa shape index (κ2) is 8.44. The van der Waals surface area contributed by atoms with Gasteiger partial charge in [-0.2, -0.15) is 0 Å². The molecule has 1 unspecified atom stereocenters. The summed E-state index contributed by atoms with van der Waals surface area (Å²) < 4.78 is 5.16. The van der Waals surface area contributed by atoms with Crippen LogP contribution in [0, 0.1) is 0 Å². The van der Waals surface area contributed by atoms with Crippen molar-refractivity contribution in [2.45, 2.75) is 49.8 Å². The third-order valence-corrected chi connectivity index (χ3v) is 4.19. The highest BCUT2D eigenvalue weighted by Gasteiger charge is 2.07. The molecule has 0 spiro atoms. The van der Waals surface area contributed by atoms with Crippen LogP contribution >= 0.6 is 11.8 Å². The van der Waals surface area contributed by atoms with Gasteiger partial charge in [0.05, 0.1) is 7.11 Å². The summed E-state index contributed by atoms with van der Waals surface area (Å²) in [5.41, 5.74) is 0. The fourth-order valence-electron chi connectivity index (χ4n) is 1.84. The highest BCUT2D eigenvalue weighted by molar-refractivity contribution is 8.00. The van der Waals surface area contributed by atoms with Crippen LogP contribution < -0.4 is 10.1 Å². The third kappa shape index (κ3) is 5.32. The Morgan fingerprint density at radius 2 is 1.78 bits per heavy atom. The van der Waals surface area contributed by atoms with Gasteiger partial charge in [0.1, 0.15) is 5.75 Å². The van der Waals surface area contributed by atoms with Gasteiger partial charge in [-0.05, 0) is 37.1 Å². The number of rotatable bonds is 8. The van der Waals surface area contributed by atoms with Crippen molar-refractivity contribution in [2.24, 2.45) is 0 Å². The van der Waals surface area contributed by atoms with Crippen molar-refractivity contribution in [3.05, 3.63) is 24.3 Å². The van der Waals surface area contributed by atoms with Gasteiger partial charge >= 0.3 is 0 Å². The van der Waals surface area contributed by atoms with E-state index >= 15 is 0 Å². The largest absolute Gasteiger partial charge is 0.497 e. The molecule has 102 valence electrons. The van der Waals surface area contributed by atoms with Crippen molar-refractivity contribution in [2.75, 3.05) is 13.7 Å². The summed E-state index contributed by atoms with van der Waals surface area (Å²) in [6.45, 7) is 7.80. The summed E-state index contributed by atoms with van der Waals surface area (Å²) in [6, 6.07) is 8.94. The number of benzene rings is 1. The molecule has 2 nitrogen and oxygen atoms in total. The normalized spacial score (nSPS) is 12.7. The molecule has 0 amide bonds. The lowest BCUT2D eigenvalue weighted by atomic mass is 10.2. The zero-order valence-corrected chi connectivity index (χ0v) is 12.7. The number of hydrogen-bond donors (Lipinski definition) is 1. The molecular weight excluding hydrogens is 242 g/mol. The molecule has 1 N–H and O–H groups in total. The van der Waals surface area contributed by atoms with Crippen molar-refractivity contribution in [3.63, 3.8) is 0 Å². The minimum absolute atomic E-state index is 0.582. The standard InChI is InChI=1S/C15H25NOS/c1-5-13(6-2)16-11-12(3)18-15-9-7-14(17-4)8-10-15/h7-10,12-13,16H,5-6,11H2,1-4H3. The molecule has 0 saturated carbocycles.